The van der Waals surface area contributed by atoms with Gasteiger partial charge in [0.25, 0.3) is 17.6 Å². The molecule has 4 rings (SSSR count). The van der Waals surface area contributed by atoms with Gasteiger partial charge in [0.15, 0.2) is 0 Å². The predicted octanol–water partition coefficient (Wildman–Crippen LogP) is 2.76. The second kappa shape index (κ2) is 6.65. The summed E-state index contributed by atoms with van der Waals surface area (Å²) in [4.78, 5) is 19.3. The second-order valence-corrected chi connectivity index (χ2v) is 5.98. The summed E-state index contributed by atoms with van der Waals surface area (Å²) < 4.78 is 20.1. The fourth-order valence-corrected chi connectivity index (χ4v) is 2.70. The van der Waals surface area contributed by atoms with Gasteiger partial charge >= 0.3 is 0 Å². The summed E-state index contributed by atoms with van der Waals surface area (Å²) in [5.41, 5.74) is 1.80. The standard InChI is InChI=1S/C19H15FN4O3/c20-19(11-25,23-17(26)12-4-2-1-3-5-12)18-22-16(24-27-18)14-6-7-15-13(10-14)8-9-21-15/h1-10,21,25H,11H2,(H,23,26)/t19-/m1/s1. The SMILES string of the molecule is O=C(N[C@](F)(CO)c1nc(-c2ccc3[nH]ccc3c2)no1)c1ccccc1. The maximum atomic E-state index is 15.1. The zero-order valence-corrected chi connectivity index (χ0v) is 14.0. The number of amides is 1. The van der Waals surface area contributed by atoms with Crippen molar-refractivity contribution in [2.75, 3.05) is 6.61 Å². The summed E-state index contributed by atoms with van der Waals surface area (Å²) in [5, 5.41) is 16.3. The molecule has 27 heavy (non-hydrogen) atoms. The first kappa shape index (κ1) is 16.9. The van der Waals surface area contributed by atoms with Gasteiger partial charge in [-0.3, -0.25) is 4.79 Å². The minimum Gasteiger partial charge on any atom is -0.390 e. The second-order valence-electron chi connectivity index (χ2n) is 5.98. The number of nitrogens with zero attached hydrogens (tertiary/aromatic N) is 2. The number of hydrogen-bond donors (Lipinski definition) is 3. The zero-order chi connectivity index (χ0) is 18.9. The third-order valence-electron chi connectivity index (χ3n) is 4.14. The van der Waals surface area contributed by atoms with Gasteiger partial charge in [-0.15, -0.1) is 0 Å². The molecule has 3 N–H and O–H groups in total. The number of carbonyl (C=O) groups is 1. The smallest absolute Gasteiger partial charge is 0.288 e. The Balaban J connectivity index is 1.62. The highest BCUT2D eigenvalue weighted by Gasteiger charge is 2.40. The molecule has 0 saturated carbocycles. The molecular formula is C19H15FN4O3. The highest BCUT2D eigenvalue weighted by molar-refractivity contribution is 5.94. The quantitative estimate of drug-likeness (QED) is 0.471. The molecule has 1 amide bonds. The van der Waals surface area contributed by atoms with Crippen molar-refractivity contribution in [2.24, 2.45) is 0 Å². The van der Waals surface area contributed by atoms with Crippen LogP contribution in [-0.4, -0.2) is 32.7 Å². The Labute approximate surface area is 152 Å². The van der Waals surface area contributed by atoms with Gasteiger partial charge in [0.05, 0.1) is 0 Å². The molecule has 0 aliphatic carbocycles. The van der Waals surface area contributed by atoms with Crippen molar-refractivity contribution in [3.05, 3.63) is 72.2 Å². The first-order chi connectivity index (χ1) is 13.1. The van der Waals surface area contributed by atoms with E-state index in [0.29, 0.717) is 5.56 Å². The minimum atomic E-state index is -2.70. The maximum Gasteiger partial charge on any atom is 0.288 e. The van der Waals surface area contributed by atoms with Crippen LogP contribution < -0.4 is 5.32 Å². The normalized spacial score (nSPS) is 13.4. The van der Waals surface area contributed by atoms with Crippen LogP contribution in [0.1, 0.15) is 16.2 Å². The van der Waals surface area contributed by atoms with E-state index in [1.807, 2.05) is 18.2 Å². The molecule has 2 aromatic carbocycles. The summed E-state index contributed by atoms with van der Waals surface area (Å²) in [5.74, 6) is -3.78. The van der Waals surface area contributed by atoms with E-state index in [0.717, 1.165) is 10.9 Å². The topological polar surface area (TPSA) is 104 Å². The van der Waals surface area contributed by atoms with Crippen LogP contribution in [0.2, 0.25) is 0 Å². The van der Waals surface area contributed by atoms with E-state index >= 15 is 4.39 Å². The molecule has 0 fully saturated rings. The Morgan fingerprint density at radius 1 is 1.22 bits per heavy atom. The van der Waals surface area contributed by atoms with Crippen LogP contribution in [0.25, 0.3) is 22.3 Å². The highest BCUT2D eigenvalue weighted by atomic mass is 19.1. The van der Waals surface area contributed by atoms with Crippen LogP contribution in [0.3, 0.4) is 0 Å². The number of halogens is 1. The predicted molar refractivity (Wildman–Crippen MR) is 95.4 cm³/mol. The van der Waals surface area contributed by atoms with Crippen molar-refractivity contribution in [1.82, 2.24) is 20.4 Å². The van der Waals surface area contributed by atoms with Gasteiger partial charge in [0.1, 0.15) is 6.61 Å². The van der Waals surface area contributed by atoms with Crippen LogP contribution in [0.5, 0.6) is 0 Å². The molecule has 8 heteroatoms. The van der Waals surface area contributed by atoms with Crippen LogP contribution in [0, 0.1) is 0 Å². The zero-order valence-electron chi connectivity index (χ0n) is 14.0. The van der Waals surface area contributed by atoms with Gasteiger partial charge in [0.2, 0.25) is 5.82 Å². The van der Waals surface area contributed by atoms with Crippen molar-refractivity contribution in [1.29, 1.82) is 0 Å². The Hall–Kier alpha value is -3.52. The molecule has 1 atom stereocenters. The number of aliphatic hydroxyl groups excluding tert-OH is 1. The van der Waals surface area contributed by atoms with Gasteiger partial charge in [0, 0.05) is 28.2 Å². The number of rotatable bonds is 5. The average molecular weight is 366 g/mol. The number of fused-ring (bicyclic) bond motifs is 1. The van der Waals surface area contributed by atoms with Gasteiger partial charge in [-0.05, 0) is 36.4 Å². The van der Waals surface area contributed by atoms with E-state index in [2.05, 4.69) is 20.4 Å². The lowest BCUT2D eigenvalue weighted by molar-refractivity contribution is 0.00786. The van der Waals surface area contributed by atoms with Gasteiger partial charge in [-0.1, -0.05) is 23.4 Å². The lowest BCUT2D eigenvalue weighted by atomic mass is 10.1. The first-order valence-electron chi connectivity index (χ1n) is 8.18. The van der Waals surface area contributed by atoms with Crippen LogP contribution >= 0.6 is 0 Å². The highest BCUT2D eigenvalue weighted by Crippen LogP contribution is 2.26. The molecule has 4 aromatic rings. The third-order valence-corrected chi connectivity index (χ3v) is 4.14. The lowest BCUT2D eigenvalue weighted by Gasteiger charge is -2.20. The number of alkyl halides is 1. The molecular weight excluding hydrogens is 351 g/mol. The molecule has 0 spiro atoms. The number of benzene rings is 2. The summed E-state index contributed by atoms with van der Waals surface area (Å²) in [6.45, 7) is -1.05. The number of hydrogen-bond acceptors (Lipinski definition) is 5. The summed E-state index contributed by atoms with van der Waals surface area (Å²) >= 11 is 0. The Kier molecular flexibility index (Phi) is 4.17. The van der Waals surface area contributed by atoms with E-state index < -0.39 is 24.2 Å². The van der Waals surface area contributed by atoms with E-state index in [1.165, 1.54) is 12.1 Å². The van der Waals surface area contributed by atoms with Crippen molar-refractivity contribution >= 4 is 16.8 Å². The number of nitrogens with one attached hydrogen (secondary N) is 2. The number of aliphatic hydroxyl groups is 1. The van der Waals surface area contributed by atoms with Gasteiger partial charge in [-0.25, -0.2) is 4.39 Å². The lowest BCUT2D eigenvalue weighted by Crippen LogP contribution is -2.45. The van der Waals surface area contributed by atoms with E-state index in [-0.39, 0.29) is 11.4 Å². The summed E-state index contributed by atoms with van der Waals surface area (Å²) in [6, 6.07) is 15.4. The number of H-pyrrole nitrogens is 1. The molecule has 0 aliphatic heterocycles. The Morgan fingerprint density at radius 3 is 2.81 bits per heavy atom. The molecule has 136 valence electrons. The number of aromatic nitrogens is 3. The van der Waals surface area contributed by atoms with Crippen molar-refractivity contribution in [2.45, 2.75) is 5.79 Å². The van der Waals surface area contributed by atoms with E-state index in [1.54, 1.807) is 30.5 Å². The van der Waals surface area contributed by atoms with E-state index in [4.69, 9.17) is 4.52 Å². The minimum absolute atomic E-state index is 0.150. The molecule has 0 unspecified atom stereocenters. The maximum absolute atomic E-state index is 15.1. The average Bonchev–Trinajstić information content (AvgIpc) is 3.37. The molecule has 0 saturated heterocycles. The first-order valence-corrected chi connectivity index (χ1v) is 8.18. The molecule has 2 heterocycles. The monoisotopic (exact) mass is 366 g/mol. The number of aromatic amines is 1. The van der Waals surface area contributed by atoms with Crippen molar-refractivity contribution in [3.8, 4) is 11.4 Å². The summed E-state index contributed by atoms with van der Waals surface area (Å²) in [7, 11) is 0. The van der Waals surface area contributed by atoms with Crippen molar-refractivity contribution in [3.63, 3.8) is 0 Å². The van der Waals surface area contributed by atoms with Crippen LogP contribution in [-0.2, 0) is 5.79 Å². The molecule has 2 aromatic heterocycles. The van der Waals surface area contributed by atoms with Crippen LogP contribution in [0.15, 0.2) is 65.3 Å². The van der Waals surface area contributed by atoms with Gasteiger partial charge in [-0.2, -0.15) is 4.98 Å². The largest absolute Gasteiger partial charge is 0.390 e. The van der Waals surface area contributed by atoms with Gasteiger partial charge < -0.3 is 19.9 Å². The molecule has 0 aliphatic rings. The summed E-state index contributed by atoms with van der Waals surface area (Å²) in [6.07, 6.45) is 1.80. The third kappa shape index (κ3) is 3.18. The van der Waals surface area contributed by atoms with E-state index in [9.17, 15) is 9.90 Å². The molecule has 0 bridgehead atoms. The Bertz CT molecular complexity index is 1090. The van der Waals surface area contributed by atoms with Crippen LogP contribution in [0.4, 0.5) is 4.39 Å². The Morgan fingerprint density at radius 2 is 2.04 bits per heavy atom. The number of carbonyl (C=O) groups excluding carboxylic acids is 1. The molecule has 7 nitrogen and oxygen atoms in total. The fraction of sp³-hybridized carbons (Fsp3) is 0.105. The van der Waals surface area contributed by atoms with Crippen molar-refractivity contribution < 1.29 is 18.8 Å². The fourth-order valence-electron chi connectivity index (χ4n) is 2.70. The molecule has 0 radical (unpaired) electrons.